The lowest BCUT2D eigenvalue weighted by Gasteiger charge is -2.08. The van der Waals surface area contributed by atoms with Gasteiger partial charge in [-0.3, -0.25) is 0 Å². The predicted molar refractivity (Wildman–Crippen MR) is 38.7 cm³/mol. The van der Waals surface area contributed by atoms with Crippen molar-refractivity contribution >= 4 is 17.7 Å². The van der Waals surface area contributed by atoms with Crippen LogP contribution in [0.25, 0.3) is 0 Å². The van der Waals surface area contributed by atoms with Crippen molar-refractivity contribution in [1.82, 2.24) is 0 Å². The van der Waals surface area contributed by atoms with Gasteiger partial charge in [0, 0.05) is 5.75 Å². The van der Waals surface area contributed by atoms with Gasteiger partial charge in [-0.25, -0.2) is 4.79 Å². The molecule has 0 radical (unpaired) electrons. The number of rotatable bonds is 5. The van der Waals surface area contributed by atoms with E-state index in [1.54, 1.807) is 0 Å². The van der Waals surface area contributed by atoms with E-state index in [0.717, 1.165) is 0 Å². The Bertz CT molecular complexity index is 142. The average Bonchev–Trinajstić information content (AvgIpc) is 1.88. The summed E-state index contributed by atoms with van der Waals surface area (Å²) < 4.78 is 24.4. The first kappa shape index (κ1) is 10.6. The number of alkyl halides is 2. The Labute approximate surface area is 66.9 Å². The fourth-order valence-corrected chi connectivity index (χ4v) is 1.04. The highest BCUT2D eigenvalue weighted by molar-refractivity contribution is 8.01. The summed E-state index contributed by atoms with van der Waals surface area (Å²) in [5.74, 6) is -2.03. The van der Waals surface area contributed by atoms with Crippen LogP contribution in [0, 0.1) is 0 Å². The average molecular weight is 185 g/mol. The van der Waals surface area contributed by atoms with E-state index in [1.807, 2.05) is 0 Å². The minimum absolute atomic E-state index is 0.0653. The Hall–Kier alpha value is -0.360. The third-order valence-corrected chi connectivity index (χ3v) is 1.91. The highest BCUT2D eigenvalue weighted by Crippen LogP contribution is 2.29. The molecule has 11 heavy (non-hydrogen) atoms. The quantitative estimate of drug-likeness (QED) is 0.620. The number of halogens is 2. The first-order valence-corrected chi connectivity index (χ1v) is 3.94. The minimum Gasteiger partial charge on any atom is -0.476 e. The van der Waals surface area contributed by atoms with Crippen molar-refractivity contribution in [3.63, 3.8) is 0 Å². The maximum absolute atomic E-state index is 12.2. The van der Waals surface area contributed by atoms with Crippen molar-refractivity contribution in [2.45, 2.75) is 11.7 Å². The SMILES string of the molecule is NCCCSC(F)(F)C(=O)O. The van der Waals surface area contributed by atoms with Crippen LogP contribution in [-0.4, -0.2) is 28.6 Å². The number of carboxylic acid groups (broad SMARTS) is 1. The summed E-state index contributed by atoms with van der Waals surface area (Å²) in [6.45, 7) is 0.294. The van der Waals surface area contributed by atoms with E-state index in [9.17, 15) is 13.6 Å². The first-order chi connectivity index (χ1) is 5.00. The molecule has 3 N–H and O–H groups in total. The largest absolute Gasteiger partial charge is 0.476 e. The van der Waals surface area contributed by atoms with Gasteiger partial charge in [0.2, 0.25) is 0 Å². The Balaban J connectivity index is 3.64. The van der Waals surface area contributed by atoms with Crippen molar-refractivity contribution in [3.8, 4) is 0 Å². The zero-order valence-corrected chi connectivity index (χ0v) is 6.53. The zero-order chi connectivity index (χ0) is 8.91. The summed E-state index contributed by atoms with van der Waals surface area (Å²) in [6.07, 6.45) is 0.396. The van der Waals surface area contributed by atoms with Crippen LogP contribution in [-0.2, 0) is 4.79 Å². The van der Waals surface area contributed by atoms with Gasteiger partial charge in [0.25, 0.3) is 0 Å². The lowest BCUT2D eigenvalue weighted by Crippen LogP contribution is -2.24. The van der Waals surface area contributed by atoms with Gasteiger partial charge in [0.05, 0.1) is 0 Å². The summed E-state index contributed by atoms with van der Waals surface area (Å²) in [5.41, 5.74) is 5.03. The van der Waals surface area contributed by atoms with Crippen molar-refractivity contribution in [2.24, 2.45) is 5.73 Å². The van der Waals surface area contributed by atoms with Gasteiger partial charge >= 0.3 is 11.2 Å². The number of hydrogen-bond acceptors (Lipinski definition) is 3. The minimum atomic E-state index is -3.67. The molecule has 0 atom stereocenters. The van der Waals surface area contributed by atoms with Gasteiger partial charge in [-0.1, -0.05) is 11.8 Å². The van der Waals surface area contributed by atoms with Crippen LogP contribution >= 0.6 is 11.8 Å². The van der Waals surface area contributed by atoms with Crippen LogP contribution in [0.3, 0.4) is 0 Å². The summed E-state index contributed by atoms with van der Waals surface area (Å²) in [5, 5.41) is 4.27. The molecule has 0 aliphatic rings. The van der Waals surface area contributed by atoms with Crippen LogP contribution in [0.4, 0.5) is 8.78 Å². The Morgan fingerprint density at radius 2 is 2.18 bits per heavy atom. The number of hydrogen-bond donors (Lipinski definition) is 2. The smallest absolute Gasteiger partial charge is 0.388 e. The fourth-order valence-electron chi connectivity index (χ4n) is 0.345. The Morgan fingerprint density at radius 3 is 2.55 bits per heavy atom. The monoisotopic (exact) mass is 185 g/mol. The molecule has 66 valence electrons. The molecule has 6 heteroatoms. The molecule has 0 aromatic heterocycles. The van der Waals surface area contributed by atoms with Crippen LogP contribution in [0.2, 0.25) is 0 Å². The van der Waals surface area contributed by atoms with E-state index < -0.39 is 11.2 Å². The lowest BCUT2D eigenvalue weighted by molar-refractivity contribution is -0.152. The maximum Gasteiger partial charge on any atom is 0.388 e. The van der Waals surface area contributed by atoms with Gasteiger partial charge in [-0.05, 0) is 13.0 Å². The van der Waals surface area contributed by atoms with Crippen molar-refractivity contribution in [1.29, 1.82) is 0 Å². The molecule has 0 fully saturated rings. The first-order valence-electron chi connectivity index (χ1n) is 2.96. The van der Waals surface area contributed by atoms with Crippen LogP contribution < -0.4 is 5.73 Å². The highest BCUT2D eigenvalue weighted by atomic mass is 32.2. The molecule has 0 aromatic carbocycles. The molecule has 0 bridgehead atoms. The summed E-state index contributed by atoms with van der Waals surface area (Å²) in [7, 11) is 0. The van der Waals surface area contributed by atoms with Crippen LogP contribution in [0.1, 0.15) is 6.42 Å². The van der Waals surface area contributed by atoms with E-state index >= 15 is 0 Å². The van der Waals surface area contributed by atoms with Gasteiger partial charge < -0.3 is 10.8 Å². The molecule has 0 aliphatic heterocycles. The topological polar surface area (TPSA) is 63.3 Å². The number of carbonyl (C=O) groups is 1. The van der Waals surface area contributed by atoms with E-state index in [-0.39, 0.29) is 17.5 Å². The lowest BCUT2D eigenvalue weighted by atomic mass is 10.5. The highest BCUT2D eigenvalue weighted by Gasteiger charge is 2.38. The second-order valence-electron chi connectivity index (χ2n) is 1.81. The van der Waals surface area contributed by atoms with Gasteiger partial charge in [0.15, 0.2) is 0 Å². The van der Waals surface area contributed by atoms with E-state index in [4.69, 9.17) is 10.8 Å². The van der Waals surface area contributed by atoms with Gasteiger partial charge in [0.1, 0.15) is 0 Å². The van der Waals surface area contributed by atoms with Crippen molar-refractivity contribution < 1.29 is 18.7 Å². The molecular weight excluding hydrogens is 176 g/mol. The molecule has 0 rings (SSSR count). The number of carboxylic acids is 1. The predicted octanol–water partition coefficient (Wildman–Crippen LogP) is 0.746. The van der Waals surface area contributed by atoms with Gasteiger partial charge in [-0.15, -0.1) is 0 Å². The molecule has 0 saturated heterocycles. The van der Waals surface area contributed by atoms with E-state index in [1.165, 1.54) is 0 Å². The Kier molecular flexibility index (Phi) is 4.36. The molecule has 0 spiro atoms. The molecule has 0 heterocycles. The zero-order valence-electron chi connectivity index (χ0n) is 5.72. The molecule has 0 unspecified atom stereocenters. The van der Waals surface area contributed by atoms with E-state index in [2.05, 4.69) is 0 Å². The molecular formula is C5H9F2NO2S. The number of aliphatic carboxylic acids is 1. The Morgan fingerprint density at radius 1 is 1.64 bits per heavy atom. The van der Waals surface area contributed by atoms with E-state index in [0.29, 0.717) is 13.0 Å². The third kappa shape index (κ3) is 4.15. The standard InChI is InChI=1S/C5H9F2NO2S/c6-5(7,4(9)10)11-3-1-2-8/h1-3,8H2,(H,9,10). The molecule has 0 aromatic rings. The molecule has 0 saturated carbocycles. The van der Waals surface area contributed by atoms with Crippen molar-refractivity contribution in [3.05, 3.63) is 0 Å². The second kappa shape index (κ2) is 4.50. The molecule has 0 aliphatic carbocycles. The third-order valence-electron chi connectivity index (χ3n) is 0.881. The normalized spacial score (nSPS) is 11.5. The number of nitrogens with two attached hydrogens (primary N) is 1. The maximum atomic E-state index is 12.2. The van der Waals surface area contributed by atoms with Crippen LogP contribution in [0.15, 0.2) is 0 Å². The molecule has 0 amide bonds. The summed E-state index contributed by atoms with van der Waals surface area (Å²) in [6, 6.07) is 0. The molecule has 3 nitrogen and oxygen atoms in total. The summed E-state index contributed by atoms with van der Waals surface area (Å²) >= 11 is 0.0985. The number of thioether (sulfide) groups is 1. The second-order valence-corrected chi connectivity index (χ2v) is 3.02. The van der Waals surface area contributed by atoms with Gasteiger partial charge in [-0.2, -0.15) is 8.78 Å². The fraction of sp³-hybridized carbons (Fsp3) is 0.800. The summed E-state index contributed by atoms with van der Waals surface area (Å²) in [4.78, 5) is 9.81. The van der Waals surface area contributed by atoms with Crippen molar-refractivity contribution in [2.75, 3.05) is 12.3 Å². The van der Waals surface area contributed by atoms with Crippen LogP contribution in [0.5, 0.6) is 0 Å².